The predicted octanol–water partition coefficient (Wildman–Crippen LogP) is 16.9. The molecule has 3 aliphatic carbocycles. The zero-order valence-corrected chi connectivity index (χ0v) is 36.7. The highest BCUT2D eigenvalue weighted by Gasteiger charge is 2.51. The average molecular weight is 842 g/mol. The Balaban J connectivity index is 0.996. The average Bonchev–Trinajstić information content (AvgIpc) is 3.88. The van der Waals surface area contributed by atoms with E-state index in [-0.39, 0.29) is 5.41 Å². The van der Waals surface area contributed by atoms with Gasteiger partial charge in [0, 0.05) is 39.7 Å². The Morgan fingerprint density at radius 2 is 0.727 bits per heavy atom. The molecule has 2 heteroatoms. The van der Waals surface area contributed by atoms with Crippen molar-refractivity contribution in [1.82, 2.24) is 0 Å². The van der Waals surface area contributed by atoms with Gasteiger partial charge in [0.25, 0.3) is 0 Å². The van der Waals surface area contributed by atoms with Crippen LogP contribution >= 0.6 is 0 Å². The molecule has 1 spiro atoms. The van der Waals surface area contributed by atoms with Crippen LogP contribution in [-0.4, -0.2) is 0 Å². The molecule has 0 saturated carbocycles. The van der Waals surface area contributed by atoms with E-state index in [2.05, 4.69) is 243 Å². The molecule has 0 N–H and O–H groups in total. The number of anilines is 3. The maximum atomic E-state index is 7.13. The fraction of sp³-hybridized carbons (Fsp3) is 0.0625. The van der Waals surface area contributed by atoms with Crippen LogP contribution in [0.5, 0.6) is 11.5 Å². The zero-order valence-electron chi connectivity index (χ0n) is 36.7. The van der Waals surface area contributed by atoms with Gasteiger partial charge in [-0.15, -0.1) is 0 Å². The van der Waals surface area contributed by atoms with Crippen LogP contribution < -0.4 is 9.64 Å². The number of fused-ring (bicyclic) bond motifs is 18. The minimum Gasteiger partial charge on any atom is -0.456 e. The molecule has 14 rings (SSSR count). The second-order valence-electron chi connectivity index (χ2n) is 18.8. The van der Waals surface area contributed by atoms with Crippen molar-refractivity contribution in [2.24, 2.45) is 0 Å². The van der Waals surface area contributed by atoms with Crippen molar-refractivity contribution >= 4 is 17.1 Å². The molecule has 0 fully saturated rings. The first-order chi connectivity index (χ1) is 32.5. The Bertz CT molecular complexity index is 3610. The number of rotatable bonds is 4. The van der Waals surface area contributed by atoms with Crippen molar-refractivity contribution < 1.29 is 4.74 Å². The molecule has 0 radical (unpaired) electrons. The van der Waals surface area contributed by atoms with Gasteiger partial charge in [0.1, 0.15) is 11.5 Å². The van der Waals surface area contributed by atoms with E-state index in [4.69, 9.17) is 4.74 Å². The topological polar surface area (TPSA) is 12.5 Å². The largest absolute Gasteiger partial charge is 0.456 e. The summed E-state index contributed by atoms with van der Waals surface area (Å²) >= 11 is 0. The molecule has 66 heavy (non-hydrogen) atoms. The first kappa shape index (κ1) is 37.2. The number of nitrogens with zero attached hydrogens (tertiary/aromatic N) is 1. The molecule has 10 aromatic carbocycles. The minimum absolute atomic E-state index is 0.169. The summed E-state index contributed by atoms with van der Waals surface area (Å²) in [6.45, 7) is 4.73. The van der Waals surface area contributed by atoms with Crippen molar-refractivity contribution in [3.63, 3.8) is 0 Å². The molecule has 4 aliphatic rings. The Morgan fingerprint density at radius 1 is 0.288 bits per heavy atom. The van der Waals surface area contributed by atoms with Crippen LogP contribution in [0.3, 0.4) is 0 Å². The van der Waals surface area contributed by atoms with Crippen molar-refractivity contribution in [1.29, 1.82) is 0 Å². The summed E-state index contributed by atoms with van der Waals surface area (Å²) in [5.41, 5.74) is 25.2. The Morgan fingerprint density at radius 3 is 1.33 bits per heavy atom. The van der Waals surface area contributed by atoms with Crippen molar-refractivity contribution in [2.75, 3.05) is 4.90 Å². The van der Waals surface area contributed by atoms with Gasteiger partial charge in [-0.25, -0.2) is 0 Å². The second kappa shape index (κ2) is 13.7. The summed E-state index contributed by atoms with van der Waals surface area (Å²) in [7, 11) is 0. The van der Waals surface area contributed by atoms with Crippen molar-refractivity contribution in [2.45, 2.75) is 24.7 Å². The summed E-state index contributed by atoms with van der Waals surface area (Å²) < 4.78 is 7.13. The van der Waals surface area contributed by atoms with E-state index in [1.807, 2.05) is 0 Å². The fourth-order valence-electron chi connectivity index (χ4n) is 12.2. The summed E-state index contributed by atoms with van der Waals surface area (Å²) in [4.78, 5) is 2.46. The normalized spacial score (nSPS) is 14.3. The Hall–Kier alpha value is -8.20. The van der Waals surface area contributed by atoms with Crippen LogP contribution in [0.4, 0.5) is 17.1 Å². The minimum atomic E-state index is -0.467. The Labute approximate surface area is 385 Å². The molecule has 0 aromatic heterocycles. The summed E-state index contributed by atoms with van der Waals surface area (Å²) in [6, 6.07) is 83.1. The van der Waals surface area contributed by atoms with Gasteiger partial charge in [0.15, 0.2) is 0 Å². The van der Waals surface area contributed by atoms with Crippen LogP contribution in [0.25, 0.3) is 66.8 Å². The quantitative estimate of drug-likeness (QED) is 0.175. The van der Waals surface area contributed by atoms with Gasteiger partial charge in [0.2, 0.25) is 0 Å². The highest BCUT2D eigenvalue weighted by atomic mass is 16.5. The molecular weight excluding hydrogens is 799 g/mol. The van der Waals surface area contributed by atoms with E-state index in [0.717, 1.165) is 56.4 Å². The predicted molar refractivity (Wildman–Crippen MR) is 271 cm³/mol. The van der Waals surface area contributed by atoms with E-state index >= 15 is 0 Å². The lowest BCUT2D eigenvalue weighted by molar-refractivity contribution is 0.488. The SMILES string of the molecule is CC1(C)c2ccccc2-c2ccc(N(c3ccc4c(c3)Oc3ccc(-c5ccccc5)cc3-c3ccccc3-4)c3ccc4c(c3)C3(c5ccccc5-c5ccccc53)c3ccccc3-4)cc21. The molecular formula is C64H43NO. The molecule has 0 amide bonds. The maximum absolute atomic E-state index is 7.13. The van der Waals surface area contributed by atoms with Gasteiger partial charge in [-0.05, 0) is 138 Å². The maximum Gasteiger partial charge on any atom is 0.137 e. The van der Waals surface area contributed by atoms with Crippen LogP contribution in [0.15, 0.2) is 224 Å². The molecule has 0 saturated heterocycles. The van der Waals surface area contributed by atoms with E-state index in [1.54, 1.807) is 0 Å². The zero-order chi connectivity index (χ0) is 43.7. The van der Waals surface area contributed by atoms with Gasteiger partial charge < -0.3 is 9.64 Å². The van der Waals surface area contributed by atoms with Gasteiger partial charge in [-0.1, -0.05) is 184 Å². The first-order valence-corrected chi connectivity index (χ1v) is 23.1. The van der Waals surface area contributed by atoms with Gasteiger partial charge in [0.05, 0.1) is 5.41 Å². The van der Waals surface area contributed by atoms with Gasteiger partial charge >= 0.3 is 0 Å². The molecule has 10 aromatic rings. The van der Waals surface area contributed by atoms with Gasteiger partial charge in [-0.2, -0.15) is 0 Å². The molecule has 1 aliphatic heterocycles. The second-order valence-corrected chi connectivity index (χ2v) is 18.8. The molecule has 1 heterocycles. The van der Waals surface area contributed by atoms with Crippen LogP contribution in [-0.2, 0) is 10.8 Å². The smallest absolute Gasteiger partial charge is 0.137 e. The van der Waals surface area contributed by atoms with Crippen LogP contribution in [0, 0.1) is 0 Å². The number of ether oxygens (including phenoxy) is 1. The van der Waals surface area contributed by atoms with Gasteiger partial charge in [-0.3, -0.25) is 0 Å². The third kappa shape index (κ3) is 5.01. The molecule has 0 unspecified atom stereocenters. The standard InChI is InChI=1S/C64H43NO/c1-63(2)55-24-12-8-20-47(55)51-32-29-42(37-59(51)63)65(44-31-34-53-45-18-6-7-19-46(45)54-36-41(40-16-4-3-5-17-40)28-35-61(54)66-62(53)39-44)43-30-33-52-50-23-11-15-27-58(50)64(60(52)38-43)56-25-13-9-21-48(56)49-22-10-14-26-57(49)64/h3-39H,1-2H3. The lowest BCUT2D eigenvalue weighted by Crippen LogP contribution is -2.26. The van der Waals surface area contributed by atoms with Crippen LogP contribution in [0.1, 0.15) is 47.2 Å². The Kier molecular flexibility index (Phi) is 7.70. The first-order valence-electron chi connectivity index (χ1n) is 23.1. The molecule has 0 bridgehead atoms. The van der Waals surface area contributed by atoms with Crippen LogP contribution in [0.2, 0.25) is 0 Å². The molecule has 2 nitrogen and oxygen atoms in total. The summed E-state index contributed by atoms with van der Waals surface area (Å²) in [6.07, 6.45) is 0. The van der Waals surface area contributed by atoms with E-state index < -0.39 is 5.41 Å². The molecule has 310 valence electrons. The number of benzene rings is 10. The fourth-order valence-corrected chi connectivity index (χ4v) is 12.2. The molecule has 0 atom stereocenters. The highest BCUT2D eigenvalue weighted by Crippen LogP contribution is 2.63. The summed E-state index contributed by atoms with van der Waals surface area (Å²) in [5.74, 6) is 1.67. The number of hydrogen-bond donors (Lipinski definition) is 0. The van der Waals surface area contributed by atoms with Crippen molar-refractivity contribution in [3.05, 3.63) is 258 Å². The van der Waals surface area contributed by atoms with E-state index in [0.29, 0.717) is 0 Å². The van der Waals surface area contributed by atoms with Crippen molar-refractivity contribution in [3.8, 4) is 78.3 Å². The lowest BCUT2D eigenvalue weighted by atomic mass is 9.70. The summed E-state index contributed by atoms with van der Waals surface area (Å²) in [5, 5.41) is 0. The highest BCUT2D eigenvalue weighted by molar-refractivity contribution is 5.98. The number of hydrogen-bond acceptors (Lipinski definition) is 2. The monoisotopic (exact) mass is 841 g/mol. The third-order valence-electron chi connectivity index (χ3n) is 15.1. The van der Waals surface area contributed by atoms with E-state index in [9.17, 15) is 0 Å². The third-order valence-corrected chi connectivity index (χ3v) is 15.1. The lowest BCUT2D eigenvalue weighted by Gasteiger charge is -2.32. The van der Waals surface area contributed by atoms with E-state index in [1.165, 1.54) is 72.3 Å².